The molecule has 3 heterocycles. The van der Waals surface area contributed by atoms with E-state index in [0.29, 0.717) is 22.6 Å². The van der Waals surface area contributed by atoms with Crippen LogP contribution in [0.25, 0.3) is 44.5 Å². The summed E-state index contributed by atoms with van der Waals surface area (Å²) in [6.07, 6.45) is 1.72. The Morgan fingerprint density at radius 1 is 0.828 bits per heavy atom. The van der Waals surface area contributed by atoms with Crippen LogP contribution in [0.2, 0.25) is 0 Å². The highest BCUT2D eigenvalue weighted by molar-refractivity contribution is 6.08. The number of aromatic nitrogens is 2. The number of rotatable bonds is 2. The van der Waals surface area contributed by atoms with Crippen LogP contribution in [-0.4, -0.2) is 9.97 Å². The molecule has 0 bridgehead atoms. The van der Waals surface area contributed by atoms with Crippen LogP contribution >= 0.6 is 0 Å². The number of benzene rings is 2. The number of pyridine rings is 2. The SMILES string of the molecule is [2H]C([2H])([2H])c1ccc(-c2cc(-c3cccc4c3oc3nc(C)ccc34)ncc2C)cc1C([2H])([2H])[2H]. The third-order valence-corrected chi connectivity index (χ3v) is 5.21. The summed E-state index contributed by atoms with van der Waals surface area (Å²) in [6, 6.07) is 16.1. The third-order valence-electron chi connectivity index (χ3n) is 5.21. The molecule has 0 N–H and O–H groups in total. The molecule has 3 nitrogen and oxygen atoms in total. The number of furan rings is 1. The minimum absolute atomic E-state index is 0.164. The fraction of sp³-hybridized carbons (Fsp3) is 0.154. The quantitative estimate of drug-likeness (QED) is 0.331. The van der Waals surface area contributed by atoms with Crippen molar-refractivity contribution in [3.8, 4) is 22.4 Å². The summed E-state index contributed by atoms with van der Waals surface area (Å²) in [7, 11) is 0. The number of para-hydroxylation sites is 1. The summed E-state index contributed by atoms with van der Waals surface area (Å²) >= 11 is 0. The smallest absolute Gasteiger partial charge is 0.227 e. The van der Waals surface area contributed by atoms with Crippen LogP contribution in [0.5, 0.6) is 0 Å². The zero-order valence-corrected chi connectivity index (χ0v) is 16.1. The lowest BCUT2D eigenvalue weighted by Gasteiger charge is -2.11. The Morgan fingerprint density at radius 2 is 1.72 bits per heavy atom. The largest absolute Gasteiger partial charge is 0.437 e. The van der Waals surface area contributed by atoms with Crippen LogP contribution in [0, 0.1) is 27.6 Å². The van der Waals surface area contributed by atoms with Gasteiger partial charge in [-0.3, -0.25) is 4.98 Å². The molecule has 0 aliphatic heterocycles. The molecule has 0 fully saturated rings. The van der Waals surface area contributed by atoms with Gasteiger partial charge in [0.15, 0.2) is 0 Å². The molecule has 0 amide bonds. The van der Waals surface area contributed by atoms with E-state index in [4.69, 9.17) is 12.6 Å². The molecular formula is C26H22N2O. The standard InChI is InChI=1S/C26H22N2O/c1-15-8-10-19(12-16(15)2)23-13-24(27-14-17(23)3)22-7-5-6-20-21-11-9-18(4)28-26(21)29-25(20)22/h5-14H,1-4H3/i1D3,2D3. The molecule has 0 aliphatic carbocycles. The highest BCUT2D eigenvalue weighted by Crippen LogP contribution is 2.36. The van der Waals surface area contributed by atoms with E-state index in [1.807, 2.05) is 50.2 Å². The van der Waals surface area contributed by atoms with Gasteiger partial charge in [0.1, 0.15) is 5.58 Å². The van der Waals surface area contributed by atoms with Gasteiger partial charge in [-0.05, 0) is 79.6 Å². The minimum Gasteiger partial charge on any atom is -0.437 e. The number of hydrogen-bond acceptors (Lipinski definition) is 3. The zero-order chi connectivity index (χ0) is 25.1. The molecule has 5 rings (SSSR count). The molecule has 0 aliphatic rings. The molecule has 0 radical (unpaired) electrons. The van der Waals surface area contributed by atoms with Crippen LogP contribution in [0.4, 0.5) is 0 Å². The van der Waals surface area contributed by atoms with E-state index < -0.39 is 13.7 Å². The first-order valence-electron chi connectivity index (χ1n) is 12.3. The van der Waals surface area contributed by atoms with Gasteiger partial charge in [-0.1, -0.05) is 30.3 Å². The first kappa shape index (κ1) is 12.2. The Labute approximate surface area is 178 Å². The summed E-state index contributed by atoms with van der Waals surface area (Å²) in [5.74, 6) is 0. The Balaban J connectivity index is 1.70. The minimum atomic E-state index is -2.56. The Hall–Kier alpha value is -3.46. The second-order valence-electron chi connectivity index (χ2n) is 7.23. The topological polar surface area (TPSA) is 38.9 Å². The van der Waals surface area contributed by atoms with E-state index in [1.165, 1.54) is 12.1 Å². The molecule has 0 unspecified atom stereocenters. The zero-order valence-electron chi connectivity index (χ0n) is 22.1. The maximum atomic E-state index is 7.89. The van der Waals surface area contributed by atoms with Crippen LogP contribution < -0.4 is 0 Å². The van der Waals surface area contributed by atoms with Gasteiger partial charge in [0.25, 0.3) is 0 Å². The van der Waals surface area contributed by atoms with Crippen molar-refractivity contribution >= 4 is 22.1 Å². The van der Waals surface area contributed by atoms with E-state index in [1.54, 1.807) is 12.3 Å². The predicted molar refractivity (Wildman–Crippen MR) is 119 cm³/mol. The second-order valence-corrected chi connectivity index (χ2v) is 7.23. The second kappa shape index (κ2) is 6.56. The van der Waals surface area contributed by atoms with Gasteiger partial charge in [0, 0.05) is 36.5 Å². The molecule has 0 saturated carbocycles. The van der Waals surface area contributed by atoms with E-state index in [9.17, 15) is 0 Å². The van der Waals surface area contributed by atoms with Gasteiger partial charge in [-0.2, -0.15) is 0 Å². The molecule has 3 aromatic heterocycles. The van der Waals surface area contributed by atoms with Crippen molar-refractivity contribution in [3.63, 3.8) is 0 Å². The molecular weight excluding hydrogens is 356 g/mol. The normalized spacial score (nSPS) is 15.4. The molecule has 5 aromatic rings. The lowest BCUT2D eigenvalue weighted by molar-refractivity contribution is 0.653. The Morgan fingerprint density at radius 3 is 2.59 bits per heavy atom. The maximum Gasteiger partial charge on any atom is 0.227 e. The van der Waals surface area contributed by atoms with Crippen LogP contribution in [0.3, 0.4) is 0 Å². The van der Waals surface area contributed by atoms with Gasteiger partial charge in [0.05, 0.1) is 5.69 Å². The Bertz CT molecular complexity index is 1600. The highest BCUT2D eigenvalue weighted by atomic mass is 16.3. The number of nitrogens with zero attached hydrogens (tertiary/aromatic N) is 2. The lowest BCUT2D eigenvalue weighted by Crippen LogP contribution is -1.91. The fourth-order valence-corrected chi connectivity index (χ4v) is 3.67. The van der Waals surface area contributed by atoms with Crippen LogP contribution in [0.15, 0.2) is 65.2 Å². The van der Waals surface area contributed by atoms with Crippen molar-refractivity contribution in [3.05, 3.63) is 83.2 Å². The molecule has 0 atom stereocenters. The van der Waals surface area contributed by atoms with Crippen LogP contribution in [-0.2, 0) is 0 Å². The average Bonchev–Trinajstić information content (AvgIpc) is 3.15. The molecule has 29 heavy (non-hydrogen) atoms. The van der Waals surface area contributed by atoms with Crippen molar-refractivity contribution < 1.29 is 12.6 Å². The summed E-state index contributed by atoms with van der Waals surface area (Å²) in [4.78, 5) is 9.12. The number of fused-ring (bicyclic) bond motifs is 3. The van der Waals surface area contributed by atoms with E-state index in [-0.39, 0.29) is 11.1 Å². The average molecular weight is 385 g/mol. The first-order chi connectivity index (χ1) is 16.4. The van der Waals surface area contributed by atoms with Gasteiger partial charge < -0.3 is 4.42 Å². The van der Waals surface area contributed by atoms with E-state index >= 15 is 0 Å². The summed E-state index contributed by atoms with van der Waals surface area (Å²) in [5.41, 5.74) is 5.40. The lowest BCUT2D eigenvalue weighted by atomic mass is 9.96. The fourth-order valence-electron chi connectivity index (χ4n) is 3.67. The van der Waals surface area contributed by atoms with Crippen molar-refractivity contribution in [2.75, 3.05) is 0 Å². The Kier molecular flexibility index (Phi) is 2.75. The molecule has 0 saturated heterocycles. The predicted octanol–water partition coefficient (Wildman–Crippen LogP) is 6.94. The number of hydrogen-bond donors (Lipinski definition) is 0. The monoisotopic (exact) mass is 384 g/mol. The first-order valence-corrected chi connectivity index (χ1v) is 9.35. The molecule has 142 valence electrons. The maximum absolute atomic E-state index is 7.89. The van der Waals surface area contributed by atoms with Crippen molar-refractivity contribution in [1.29, 1.82) is 0 Å². The van der Waals surface area contributed by atoms with Crippen LogP contribution in [0.1, 0.15) is 30.6 Å². The summed E-state index contributed by atoms with van der Waals surface area (Å²) < 4.78 is 53.1. The molecule has 3 heteroatoms. The van der Waals surface area contributed by atoms with Gasteiger partial charge in [-0.25, -0.2) is 4.98 Å². The summed E-state index contributed by atoms with van der Waals surface area (Å²) in [5, 5.41) is 1.85. The number of aryl methyl sites for hydroxylation is 4. The molecule has 0 spiro atoms. The third kappa shape index (κ3) is 2.90. The highest BCUT2D eigenvalue weighted by Gasteiger charge is 2.15. The van der Waals surface area contributed by atoms with E-state index in [0.717, 1.165) is 33.2 Å². The van der Waals surface area contributed by atoms with Gasteiger partial charge in [0.2, 0.25) is 5.71 Å². The van der Waals surface area contributed by atoms with Crippen molar-refractivity contribution in [2.24, 2.45) is 0 Å². The van der Waals surface area contributed by atoms with Crippen molar-refractivity contribution in [2.45, 2.75) is 27.6 Å². The summed E-state index contributed by atoms with van der Waals surface area (Å²) in [6.45, 7) is -1.29. The van der Waals surface area contributed by atoms with Crippen molar-refractivity contribution in [1.82, 2.24) is 9.97 Å². The van der Waals surface area contributed by atoms with E-state index in [2.05, 4.69) is 9.97 Å². The molecule has 2 aromatic carbocycles. The van der Waals surface area contributed by atoms with Gasteiger partial charge >= 0.3 is 0 Å². The van der Waals surface area contributed by atoms with Gasteiger partial charge in [-0.15, -0.1) is 0 Å².